The van der Waals surface area contributed by atoms with E-state index in [0.717, 1.165) is 33.0 Å². The number of carbonyl (C=O) groups is 1. The summed E-state index contributed by atoms with van der Waals surface area (Å²) in [7, 11) is 0. The molecule has 0 atom stereocenters. The van der Waals surface area contributed by atoms with Crippen LogP contribution in [0.3, 0.4) is 0 Å². The molecular weight excluding hydrogens is 318 g/mol. The van der Waals surface area contributed by atoms with Gasteiger partial charge in [-0.1, -0.05) is 41.6 Å². The van der Waals surface area contributed by atoms with Crippen LogP contribution in [0.5, 0.6) is 0 Å². The van der Waals surface area contributed by atoms with Crippen molar-refractivity contribution >= 4 is 34.4 Å². The summed E-state index contributed by atoms with van der Waals surface area (Å²) in [5, 5.41) is 3.75. The number of amides is 1. The summed E-state index contributed by atoms with van der Waals surface area (Å²) in [6, 6.07) is 13.7. The minimum Gasteiger partial charge on any atom is -0.325 e. The van der Waals surface area contributed by atoms with Gasteiger partial charge >= 0.3 is 0 Å². The zero-order valence-electron chi connectivity index (χ0n) is 14.0. The van der Waals surface area contributed by atoms with E-state index in [4.69, 9.17) is 0 Å². The third-order valence-corrected chi connectivity index (χ3v) is 4.76. The molecule has 2 aromatic carbocycles. The molecule has 0 unspecified atom stereocenters. The molecule has 1 N–H and O–H groups in total. The van der Waals surface area contributed by atoms with Crippen LogP contribution in [-0.2, 0) is 4.79 Å². The third kappa shape index (κ3) is 3.74. The third-order valence-electron chi connectivity index (χ3n) is 3.70. The van der Waals surface area contributed by atoms with Crippen LogP contribution in [0, 0.1) is 20.8 Å². The summed E-state index contributed by atoms with van der Waals surface area (Å²) in [4.78, 5) is 21.4. The number of hydrogen-bond donors (Lipinski definition) is 1. The number of anilines is 1. The van der Waals surface area contributed by atoms with Crippen LogP contribution >= 0.6 is 11.8 Å². The Kier molecular flexibility index (Phi) is 4.81. The number of nitrogens with zero attached hydrogens (tertiary/aromatic N) is 2. The van der Waals surface area contributed by atoms with Crippen molar-refractivity contribution in [3.63, 3.8) is 0 Å². The van der Waals surface area contributed by atoms with Crippen molar-refractivity contribution in [3.8, 4) is 0 Å². The van der Waals surface area contributed by atoms with Crippen LogP contribution < -0.4 is 5.32 Å². The van der Waals surface area contributed by atoms with Crippen molar-refractivity contribution in [2.45, 2.75) is 25.8 Å². The Morgan fingerprint density at radius 2 is 1.75 bits per heavy atom. The molecule has 1 amide bonds. The number of para-hydroxylation sites is 2. The molecule has 0 aliphatic rings. The van der Waals surface area contributed by atoms with Gasteiger partial charge in [-0.05, 0) is 44.5 Å². The summed E-state index contributed by atoms with van der Waals surface area (Å²) in [6.45, 7) is 5.95. The molecule has 0 radical (unpaired) electrons. The molecule has 0 saturated carbocycles. The van der Waals surface area contributed by atoms with Gasteiger partial charge in [-0.3, -0.25) is 4.79 Å². The van der Waals surface area contributed by atoms with Crippen LogP contribution in [0.2, 0.25) is 0 Å². The summed E-state index contributed by atoms with van der Waals surface area (Å²) in [5.74, 6) is 0.266. The predicted octanol–water partition coefficient (Wildman–Crippen LogP) is 4.29. The molecule has 3 aromatic rings. The molecule has 0 aliphatic carbocycles. The molecular formula is C19H19N3OS. The topological polar surface area (TPSA) is 54.9 Å². The Bertz CT molecular complexity index is 908. The second kappa shape index (κ2) is 7.01. The maximum atomic E-state index is 12.2. The molecule has 1 heterocycles. The van der Waals surface area contributed by atoms with Gasteiger partial charge in [-0.2, -0.15) is 0 Å². The van der Waals surface area contributed by atoms with Crippen LogP contribution in [0.1, 0.15) is 16.8 Å². The van der Waals surface area contributed by atoms with E-state index in [2.05, 4.69) is 21.4 Å². The predicted molar refractivity (Wildman–Crippen MR) is 99.5 cm³/mol. The van der Waals surface area contributed by atoms with Gasteiger partial charge in [-0.25, -0.2) is 9.97 Å². The molecule has 0 spiro atoms. The number of nitrogens with one attached hydrogen (secondary N) is 1. The first kappa shape index (κ1) is 16.5. The van der Waals surface area contributed by atoms with E-state index in [-0.39, 0.29) is 5.91 Å². The number of aromatic nitrogens is 2. The first-order valence-electron chi connectivity index (χ1n) is 7.76. The fourth-order valence-corrected chi connectivity index (χ4v) is 3.24. The Hall–Kier alpha value is -2.40. The SMILES string of the molecule is Cc1ccc(NC(=O)CSc2nc3ccccc3nc2C)c(C)c1. The Labute approximate surface area is 145 Å². The number of thioether (sulfide) groups is 1. The zero-order chi connectivity index (χ0) is 17.1. The molecule has 0 aliphatic heterocycles. The smallest absolute Gasteiger partial charge is 0.234 e. The molecule has 3 rings (SSSR count). The van der Waals surface area contributed by atoms with E-state index in [1.165, 1.54) is 17.3 Å². The summed E-state index contributed by atoms with van der Waals surface area (Å²) < 4.78 is 0. The molecule has 0 fully saturated rings. The first-order chi connectivity index (χ1) is 11.5. The van der Waals surface area contributed by atoms with Gasteiger partial charge in [0.05, 0.1) is 22.5 Å². The van der Waals surface area contributed by atoms with Gasteiger partial charge in [0.15, 0.2) is 0 Å². The van der Waals surface area contributed by atoms with Crippen molar-refractivity contribution in [2.75, 3.05) is 11.1 Å². The lowest BCUT2D eigenvalue weighted by molar-refractivity contribution is -0.113. The Morgan fingerprint density at radius 3 is 2.46 bits per heavy atom. The fraction of sp³-hybridized carbons (Fsp3) is 0.211. The highest BCUT2D eigenvalue weighted by atomic mass is 32.2. The maximum absolute atomic E-state index is 12.2. The van der Waals surface area contributed by atoms with E-state index in [1.54, 1.807) is 0 Å². The van der Waals surface area contributed by atoms with Gasteiger partial charge < -0.3 is 5.32 Å². The number of rotatable bonds is 4. The van der Waals surface area contributed by atoms with E-state index >= 15 is 0 Å². The molecule has 4 nitrogen and oxygen atoms in total. The van der Waals surface area contributed by atoms with Crippen molar-refractivity contribution in [3.05, 3.63) is 59.3 Å². The van der Waals surface area contributed by atoms with Crippen molar-refractivity contribution in [2.24, 2.45) is 0 Å². The first-order valence-corrected chi connectivity index (χ1v) is 8.75. The van der Waals surface area contributed by atoms with Crippen molar-refractivity contribution < 1.29 is 4.79 Å². The normalized spacial score (nSPS) is 10.8. The average Bonchev–Trinajstić information content (AvgIpc) is 2.55. The second-order valence-corrected chi connectivity index (χ2v) is 6.72. The molecule has 0 saturated heterocycles. The number of fused-ring (bicyclic) bond motifs is 1. The zero-order valence-corrected chi connectivity index (χ0v) is 14.8. The summed E-state index contributed by atoms with van der Waals surface area (Å²) in [6.07, 6.45) is 0. The van der Waals surface area contributed by atoms with Gasteiger partial charge in [-0.15, -0.1) is 0 Å². The highest BCUT2D eigenvalue weighted by Crippen LogP contribution is 2.22. The van der Waals surface area contributed by atoms with Gasteiger partial charge in [0.25, 0.3) is 0 Å². The minimum atomic E-state index is -0.0405. The monoisotopic (exact) mass is 337 g/mol. The van der Waals surface area contributed by atoms with E-state index in [1.807, 2.05) is 57.2 Å². The number of hydrogen-bond acceptors (Lipinski definition) is 4. The fourth-order valence-electron chi connectivity index (χ4n) is 2.48. The lowest BCUT2D eigenvalue weighted by Gasteiger charge is -2.09. The van der Waals surface area contributed by atoms with Crippen LogP contribution in [0.25, 0.3) is 11.0 Å². The molecule has 0 bridgehead atoms. The largest absolute Gasteiger partial charge is 0.325 e. The van der Waals surface area contributed by atoms with Gasteiger partial charge in [0, 0.05) is 5.69 Å². The van der Waals surface area contributed by atoms with Crippen LogP contribution in [0.15, 0.2) is 47.5 Å². The van der Waals surface area contributed by atoms with Gasteiger partial charge in [0.2, 0.25) is 5.91 Å². The second-order valence-electron chi connectivity index (χ2n) is 5.76. The lowest BCUT2D eigenvalue weighted by Crippen LogP contribution is -2.15. The maximum Gasteiger partial charge on any atom is 0.234 e. The number of aryl methyl sites for hydroxylation is 3. The molecule has 24 heavy (non-hydrogen) atoms. The Morgan fingerprint density at radius 1 is 1.04 bits per heavy atom. The van der Waals surface area contributed by atoms with E-state index < -0.39 is 0 Å². The molecule has 1 aromatic heterocycles. The summed E-state index contributed by atoms with van der Waals surface area (Å²) >= 11 is 1.41. The molecule has 5 heteroatoms. The van der Waals surface area contributed by atoms with Crippen LogP contribution in [-0.4, -0.2) is 21.6 Å². The van der Waals surface area contributed by atoms with Crippen LogP contribution in [0.4, 0.5) is 5.69 Å². The van der Waals surface area contributed by atoms with Gasteiger partial charge in [0.1, 0.15) is 5.03 Å². The lowest BCUT2D eigenvalue weighted by atomic mass is 10.1. The van der Waals surface area contributed by atoms with E-state index in [0.29, 0.717) is 5.75 Å². The molecule has 122 valence electrons. The van der Waals surface area contributed by atoms with E-state index in [9.17, 15) is 4.79 Å². The Balaban J connectivity index is 1.69. The average molecular weight is 337 g/mol. The quantitative estimate of drug-likeness (QED) is 0.722. The standard InChI is InChI=1S/C19H19N3OS/c1-12-8-9-15(13(2)10-12)21-18(23)11-24-19-14(3)20-16-6-4-5-7-17(16)22-19/h4-10H,11H2,1-3H3,(H,21,23). The van der Waals surface area contributed by atoms with Crippen molar-refractivity contribution in [1.82, 2.24) is 9.97 Å². The summed E-state index contributed by atoms with van der Waals surface area (Å²) in [5.41, 5.74) is 5.67. The highest BCUT2D eigenvalue weighted by molar-refractivity contribution is 8.00. The van der Waals surface area contributed by atoms with Crippen molar-refractivity contribution in [1.29, 1.82) is 0 Å². The number of benzene rings is 2. The highest BCUT2D eigenvalue weighted by Gasteiger charge is 2.10. The number of carbonyl (C=O) groups excluding carboxylic acids is 1. The minimum absolute atomic E-state index is 0.0405.